The number of nitrogens with zero attached hydrogens (tertiary/aromatic N) is 1. The lowest BCUT2D eigenvalue weighted by Gasteiger charge is -2.12. The molecular formula is C12H18FNO2. The molecule has 0 aliphatic rings. The number of benzene rings is 1. The lowest BCUT2D eigenvalue weighted by molar-refractivity contribution is 0.253. The Kier molecular flexibility index (Phi) is 5.22. The van der Waals surface area contributed by atoms with Crippen LogP contribution in [0.4, 0.5) is 4.39 Å². The molecule has 90 valence electrons. The molecule has 0 aromatic heterocycles. The number of halogens is 1. The molecule has 0 unspecified atom stereocenters. The Labute approximate surface area is 95.5 Å². The van der Waals surface area contributed by atoms with E-state index >= 15 is 0 Å². The van der Waals surface area contributed by atoms with Crippen molar-refractivity contribution in [3.63, 3.8) is 0 Å². The highest BCUT2D eigenvalue weighted by Gasteiger charge is 2.04. The summed E-state index contributed by atoms with van der Waals surface area (Å²) in [6.07, 6.45) is 0.898. The lowest BCUT2D eigenvalue weighted by Crippen LogP contribution is -2.15. The van der Waals surface area contributed by atoms with Gasteiger partial charge in [0, 0.05) is 12.1 Å². The van der Waals surface area contributed by atoms with Crippen LogP contribution in [0.5, 0.6) is 5.75 Å². The normalized spacial score (nSPS) is 10.8. The average molecular weight is 227 g/mol. The minimum atomic E-state index is -0.357. The van der Waals surface area contributed by atoms with Crippen molar-refractivity contribution in [3.8, 4) is 5.75 Å². The van der Waals surface area contributed by atoms with Crippen LogP contribution >= 0.6 is 0 Å². The van der Waals surface area contributed by atoms with Gasteiger partial charge in [0.25, 0.3) is 0 Å². The lowest BCUT2D eigenvalue weighted by atomic mass is 10.2. The summed E-state index contributed by atoms with van der Waals surface area (Å²) in [5.74, 6) is 0.201. The van der Waals surface area contributed by atoms with Gasteiger partial charge in [0.2, 0.25) is 0 Å². The molecule has 0 bridgehead atoms. The van der Waals surface area contributed by atoms with Crippen molar-refractivity contribution in [2.24, 2.45) is 0 Å². The van der Waals surface area contributed by atoms with Gasteiger partial charge in [0.1, 0.15) is 11.6 Å². The number of rotatable bonds is 6. The second-order valence-corrected chi connectivity index (χ2v) is 3.92. The highest BCUT2D eigenvalue weighted by Crippen LogP contribution is 2.19. The monoisotopic (exact) mass is 227 g/mol. The smallest absolute Gasteiger partial charge is 0.125 e. The van der Waals surface area contributed by atoms with Gasteiger partial charge in [-0.15, -0.1) is 0 Å². The van der Waals surface area contributed by atoms with Crippen LogP contribution in [-0.4, -0.2) is 37.3 Å². The van der Waals surface area contributed by atoms with Gasteiger partial charge >= 0.3 is 0 Å². The average Bonchev–Trinajstić information content (AvgIpc) is 2.25. The van der Waals surface area contributed by atoms with E-state index < -0.39 is 0 Å². The van der Waals surface area contributed by atoms with Crippen molar-refractivity contribution < 1.29 is 14.2 Å². The van der Waals surface area contributed by atoms with Gasteiger partial charge in [-0.2, -0.15) is 0 Å². The third kappa shape index (κ3) is 4.16. The van der Waals surface area contributed by atoms with Crippen molar-refractivity contribution in [1.29, 1.82) is 0 Å². The molecule has 1 aromatic rings. The van der Waals surface area contributed by atoms with Gasteiger partial charge in [-0.3, -0.25) is 0 Å². The number of hydrogen-bond acceptors (Lipinski definition) is 3. The molecule has 0 aliphatic heterocycles. The number of hydrogen-bond donors (Lipinski definition) is 1. The molecule has 1 aromatic carbocycles. The zero-order chi connectivity index (χ0) is 12.0. The molecule has 0 aliphatic carbocycles. The predicted octanol–water partition coefficient (Wildman–Crippen LogP) is 1.65. The van der Waals surface area contributed by atoms with Gasteiger partial charge < -0.3 is 14.7 Å². The maximum absolute atomic E-state index is 12.9. The molecule has 4 heteroatoms. The Bertz CT molecular complexity index is 329. The van der Waals surface area contributed by atoms with E-state index in [0.717, 1.165) is 13.0 Å². The van der Waals surface area contributed by atoms with Crippen molar-refractivity contribution in [1.82, 2.24) is 4.90 Å². The van der Waals surface area contributed by atoms with Gasteiger partial charge in [-0.1, -0.05) is 0 Å². The first-order chi connectivity index (χ1) is 7.63. The molecule has 0 atom stereocenters. The van der Waals surface area contributed by atoms with Crippen LogP contribution in [0.1, 0.15) is 12.0 Å². The Morgan fingerprint density at radius 3 is 2.75 bits per heavy atom. The van der Waals surface area contributed by atoms with E-state index in [1.54, 1.807) is 6.07 Å². The summed E-state index contributed by atoms with van der Waals surface area (Å²) in [5, 5.41) is 9.03. The summed E-state index contributed by atoms with van der Waals surface area (Å²) in [6.45, 7) is 1.30. The molecule has 0 heterocycles. The van der Waals surface area contributed by atoms with E-state index in [4.69, 9.17) is 9.84 Å². The third-order valence-electron chi connectivity index (χ3n) is 2.20. The molecule has 1 rings (SSSR count). The van der Waals surface area contributed by atoms with E-state index in [1.807, 2.05) is 14.1 Å². The molecular weight excluding hydrogens is 209 g/mol. The number of aliphatic hydroxyl groups is 1. The minimum absolute atomic E-state index is 0.208. The fourth-order valence-corrected chi connectivity index (χ4v) is 1.38. The summed E-state index contributed by atoms with van der Waals surface area (Å²) in [5.41, 5.74) is 0.491. The van der Waals surface area contributed by atoms with Crippen molar-refractivity contribution >= 4 is 0 Å². The standard InChI is InChI=1S/C12H18FNO2/c1-14(2)6-3-7-16-12-5-4-11(13)8-10(12)9-15/h4-5,8,15H,3,6-7,9H2,1-2H3. The van der Waals surface area contributed by atoms with Crippen LogP contribution in [0.25, 0.3) is 0 Å². The van der Waals surface area contributed by atoms with Crippen LogP contribution in [0, 0.1) is 5.82 Å². The van der Waals surface area contributed by atoms with Gasteiger partial charge in [-0.05, 0) is 38.7 Å². The van der Waals surface area contributed by atoms with Crippen LogP contribution < -0.4 is 4.74 Å². The quantitative estimate of drug-likeness (QED) is 0.750. The molecule has 0 saturated heterocycles. The van der Waals surface area contributed by atoms with Crippen LogP contribution in [0.2, 0.25) is 0 Å². The molecule has 0 spiro atoms. The van der Waals surface area contributed by atoms with E-state index in [-0.39, 0.29) is 12.4 Å². The number of aliphatic hydroxyl groups excluding tert-OH is 1. The fourth-order valence-electron chi connectivity index (χ4n) is 1.38. The van der Waals surface area contributed by atoms with Crippen molar-refractivity contribution in [2.45, 2.75) is 13.0 Å². The molecule has 0 radical (unpaired) electrons. The van der Waals surface area contributed by atoms with Gasteiger partial charge in [0.15, 0.2) is 0 Å². The summed E-state index contributed by atoms with van der Waals surface area (Å²) >= 11 is 0. The largest absolute Gasteiger partial charge is 0.493 e. The van der Waals surface area contributed by atoms with E-state index in [1.165, 1.54) is 12.1 Å². The van der Waals surface area contributed by atoms with Crippen LogP contribution in [0.3, 0.4) is 0 Å². The molecule has 3 nitrogen and oxygen atoms in total. The SMILES string of the molecule is CN(C)CCCOc1ccc(F)cc1CO. The first kappa shape index (κ1) is 12.9. The highest BCUT2D eigenvalue weighted by atomic mass is 19.1. The van der Waals surface area contributed by atoms with Crippen LogP contribution in [-0.2, 0) is 6.61 Å². The zero-order valence-electron chi connectivity index (χ0n) is 9.74. The maximum Gasteiger partial charge on any atom is 0.125 e. The van der Waals surface area contributed by atoms with Crippen molar-refractivity contribution in [2.75, 3.05) is 27.2 Å². The molecule has 0 fully saturated rings. The molecule has 1 N–H and O–H groups in total. The Hall–Kier alpha value is -1.13. The third-order valence-corrected chi connectivity index (χ3v) is 2.20. The maximum atomic E-state index is 12.9. The zero-order valence-corrected chi connectivity index (χ0v) is 9.74. The first-order valence-electron chi connectivity index (χ1n) is 5.30. The Morgan fingerprint density at radius 1 is 1.38 bits per heavy atom. The first-order valence-corrected chi connectivity index (χ1v) is 5.30. The van der Waals surface area contributed by atoms with E-state index in [2.05, 4.69) is 4.90 Å². The second-order valence-electron chi connectivity index (χ2n) is 3.92. The number of ether oxygens (including phenoxy) is 1. The Balaban J connectivity index is 2.47. The minimum Gasteiger partial charge on any atom is -0.493 e. The van der Waals surface area contributed by atoms with Gasteiger partial charge in [0.05, 0.1) is 13.2 Å². The molecule has 16 heavy (non-hydrogen) atoms. The topological polar surface area (TPSA) is 32.7 Å². The summed E-state index contributed by atoms with van der Waals surface area (Å²) in [7, 11) is 3.99. The van der Waals surface area contributed by atoms with Crippen molar-refractivity contribution in [3.05, 3.63) is 29.6 Å². The highest BCUT2D eigenvalue weighted by molar-refractivity contribution is 5.33. The predicted molar refractivity (Wildman–Crippen MR) is 61.0 cm³/mol. The van der Waals surface area contributed by atoms with Crippen LogP contribution in [0.15, 0.2) is 18.2 Å². The summed E-state index contributed by atoms with van der Waals surface area (Å²) < 4.78 is 18.3. The fraction of sp³-hybridized carbons (Fsp3) is 0.500. The second kappa shape index (κ2) is 6.45. The molecule has 0 amide bonds. The summed E-state index contributed by atoms with van der Waals surface area (Å²) in [4.78, 5) is 2.07. The van der Waals surface area contributed by atoms with E-state index in [9.17, 15) is 4.39 Å². The van der Waals surface area contributed by atoms with E-state index in [0.29, 0.717) is 17.9 Å². The summed E-state index contributed by atoms with van der Waals surface area (Å²) in [6, 6.07) is 4.18. The molecule has 0 saturated carbocycles. The van der Waals surface area contributed by atoms with Gasteiger partial charge in [-0.25, -0.2) is 4.39 Å². The Morgan fingerprint density at radius 2 is 2.12 bits per heavy atom.